The predicted octanol–water partition coefficient (Wildman–Crippen LogP) is 2.60. The summed E-state index contributed by atoms with van der Waals surface area (Å²) in [5.41, 5.74) is 0.313. The predicted molar refractivity (Wildman–Crippen MR) is 114 cm³/mol. The number of carbonyl (C=O) groups is 1. The number of hydrogen-bond donors (Lipinski definition) is 1. The second kappa shape index (κ2) is 8.76. The van der Waals surface area contributed by atoms with Gasteiger partial charge in [0.15, 0.2) is 15.8 Å². The van der Waals surface area contributed by atoms with Gasteiger partial charge >= 0.3 is 0 Å². The monoisotopic (exact) mass is 458 g/mol. The molecule has 0 saturated carbocycles. The average molecular weight is 459 g/mol. The van der Waals surface area contributed by atoms with E-state index in [1.807, 2.05) is 13.8 Å². The Morgan fingerprint density at radius 1 is 1.21 bits per heavy atom. The maximum absolute atomic E-state index is 12.8. The molecule has 2 aromatic rings. The number of anilines is 2. The minimum absolute atomic E-state index is 0.313. The van der Waals surface area contributed by atoms with Crippen LogP contribution in [0.25, 0.3) is 0 Å². The smallest absolute Gasteiger partial charge is 0.249 e. The molecule has 0 aliphatic carbocycles. The molecular formula is C17H22N4O5S3. The lowest BCUT2D eigenvalue weighted by atomic mass is 10.2. The number of amides is 1. The quantitative estimate of drug-likeness (QED) is 0.498. The van der Waals surface area contributed by atoms with Gasteiger partial charge in [-0.1, -0.05) is 36.9 Å². The summed E-state index contributed by atoms with van der Waals surface area (Å²) in [4.78, 5) is 12.8. The molecule has 1 aliphatic heterocycles. The van der Waals surface area contributed by atoms with Crippen molar-refractivity contribution >= 4 is 49.8 Å². The first kappa shape index (κ1) is 21.7. The van der Waals surface area contributed by atoms with Crippen molar-refractivity contribution in [3.63, 3.8) is 0 Å². The van der Waals surface area contributed by atoms with Gasteiger partial charge in [0.25, 0.3) is 0 Å². The molecule has 1 aromatic carbocycles. The summed E-state index contributed by atoms with van der Waals surface area (Å²) < 4.78 is 37.7. The number of aromatic nitrogens is 2. The Labute approximate surface area is 177 Å². The zero-order valence-corrected chi connectivity index (χ0v) is 18.9. The molecule has 0 saturated heterocycles. The maximum Gasteiger partial charge on any atom is 0.249 e. The minimum Gasteiger partial charge on any atom is -0.486 e. The van der Waals surface area contributed by atoms with E-state index in [2.05, 4.69) is 15.5 Å². The standard InChI is InChI=1S/C17H22N4O5S3/c1-10(2)27-17-20-19-16(28-17)18-15(22)11(3)21(29(4,23)24)12-5-6-13-14(9-12)26-8-7-25-13/h5-6,9-11H,7-8H2,1-4H3,(H,18,19,22)/t11-/m1/s1. The lowest BCUT2D eigenvalue weighted by Gasteiger charge is -2.29. The van der Waals surface area contributed by atoms with Gasteiger partial charge in [-0.05, 0) is 19.1 Å². The molecule has 1 amide bonds. The number of benzene rings is 1. The number of hydrogen-bond acceptors (Lipinski definition) is 9. The molecule has 158 valence electrons. The molecule has 1 atom stereocenters. The summed E-state index contributed by atoms with van der Waals surface area (Å²) in [5, 5.41) is 11.3. The van der Waals surface area contributed by atoms with Crippen molar-refractivity contribution in [1.82, 2.24) is 10.2 Å². The van der Waals surface area contributed by atoms with Gasteiger partial charge in [-0.3, -0.25) is 14.4 Å². The second-order valence-electron chi connectivity index (χ2n) is 6.59. The topological polar surface area (TPSA) is 111 Å². The lowest BCUT2D eigenvalue weighted by Crippen LogP contribution is -2.45. The normalized spacial score (nSPS) is 14.5. The van der Waals surface area contributed by atoms with Crippen LogP contribution in [0.5, 0.6) is 11.5 Å². The highest BCUT2D eigenvalue weighted by Crippen LogP contribution is 2.35. The molecular weight excluding hydrogens is 436 g/mol. The highest BCUT2D eigenvalue weighted by molar-refractivity contribution is 8.01. The first-order valence-electron chi connectivity index (χ1n) is 8.85. The van der Waals surface area contributed by atoms with E-state index >= 15 is 0 Å². The van der Waals surface area contributed by atoms with Crippen LogP contribution in [0.4, 0.5) is 10.8 Å². The van der Waals surface area contributed by atoms with Crippen LogP contribution >= 0.6 is 23.1 Å². The van der Waals surface area contributed by atoms with Crippen LogP contribution < -0.4 is 19.1 Å². The summed E-state index contributed by atoms with van der Waals surface area (Å²) in [5.74, 6) is 0.464. The highest BCUT2D eigenvalue weighted by Gasteiger charge is 2.31. The number of ether oxygens (including phenoxy) is 2. The minimum atomic E-state index is -3.75. The van der Waals surface area contributed by atoms with E-state index < -0.39 is 22.0 Å². The van der Waals surface area contributed by atoms with Gasteiger partial charge in [0.2, 0.25) is 21.1 Å². The zero-order chi connectivity index (χ0) is 21.2. The Morgan fingerprint density at radius 2 is 1.90 bits per heavy atom. The maximum atomic E-state index is 12.8. The van der Waals surface area contributed by atoms with E-state index in [-0.39, 0.29) is 0 Å². The van der Waals surface area contributed by atoms with Gasteiger partial charge in [-0.2, -0.15) is 0 Å². The van der Waals surface area contributed by atoms with Crippen molar-refractivity contribution in [3.05, 3.63) is 18.2 Å². The van der Waals surface area contributed by atoms with Crippen molar-refractivity contribution in [2.24, 2.45) is 0 Å². The number of nitrogens with one attached hydrogen (secondary N) is 1. The summed E-state index contributed by atoms with van der Waals surface area (Å²) in [6, 6.07) is 3.76. The number of sulfonamides is 1. The van der Waals surface area contributed by atoms with E-state index in [1.54, 1.807) is 18.2 Å². The number of fused-ring (bicyclic) bond motifs is 1. The van der Waals surface area contributed by atoms with Crippen LogP contribution in [0, 0.1) is 0 Å². The zero-order valence-electron chi connectivity index (χ0n) is 16.4. The highest BCUT2D eigenvalue weighted by atomic mass is 32.2. The van der Waals surface area contributed by atoms with Crippen LogP contribution in [0.1, 0.15) is 20.8 Å². The van der Waals surface area contributed by atoms with Crippen molar-refractivity contribution in [3.8, 4) is 11.5 Å². The second-order valence-corrected chi connectivity index (χ2v) is 11.3. The van der Waals surface area contributed by atoms with E-state index in [0.29, 0.717) is 40.8 Å². The number of carbonyl (C=O) groups excluding carboxylic acids is 1. The fourth-order valence-corrected chi connectivity index (χ4v) is 5.84. The molecule has 0 spiro atoms. The van der Waals surface area contributed by atoms with Crippen LogP contribution in [-0.4, -0.2) is 55.3 Å². The van der Waals surface area contributed by atoms with Crippen LogP contribution in [0.15, 0.2) is 22.5 Å². The summed E-state index contributed by atoms with van der Waals surface area (Å²) in [7, 11) is -3.75. The molecule has 0 radical (unpaired) electrons. The van der Waals surface area contributed by atoms with Gasteiger partial charge in [0, 0.05) is 11.3 Å². The molecule has 1 aromatic heterocycles. The summed E-state index contributed by atoms with van der Waals surface area (Å²) in [6.07, 6.45) is 1.05. The fourth-order valence-electron chi connectivity index (χ4n) is 2.70. The number of nitrogens with zero attached hydrogens (tertiary/aromatic N) is 3. The Kier molecular flexibility index (Phi) is 6.54. The molecule has 29 heavy (non-hydrogen) atoms. The molecule has 9 nitrogen and oxygen atoms in total. The van der Waals surface area contributed by atoms with Crippen molar-refractivity contribution in [2.75, 3.05) is 29.1 Å². The molecule has 0 bridgehead atoms. The van der Waals surface area contributed by atoms with E-state index in [9.17, 15) is 13.2 Å². The average Bonchev–Trinajstić information content (AvgIpc) is 3.06. The third-order valence-corrected chi connectivity index (χ3v) is 7.01. The largest absolute Gasteiger partial charge is 0.486 e. The molecule has 3 rings (SSSR count). The van der Waals surface area contributed by atoms with Crippen LogP contribution in [0.2, 0.25) is 0 Å². The number of rotatable bonds is 7. The van der Waals surface area contributed by atoms with Crippen LogP contribution in [0.3, 0.4) is 0 Å². The van der Waals surface area contributed by atoms with E-state index in [0.717, 1.165) is 14.9 Å². The first-order valence-corrected chi connectivity index (χ1v) is 12.4. The van der Waals surface area contributed by atoms with Crippen molar-refractivity contribution in [2.45, 2.75) is 36.4 Å². The fraction of sp³-hybridized carbons (Fsp3) is 0.471. The number of thioether (sulfide) groups is 1. The first-order chi connectivity index (χ1) is 13.6. The Morgan fingerprint density at radius 3 is 2.55 bits per heavy atom. The molecule has 12 heteroatoms. The van der Waals surface area contributed by atoms with Gasteiger partial charge in [-0.15, -0.1) is 10.2 Å². The summed E-state index contributed by atoms with van der Waals surface area (Å²) >= 11 is 2.78. The lowest BCUT2D eigenvalue weighted by molar-refractivity contribution is -0.116. The van der Waals surface area contributed by atoms with Crippen LogP contribution in [-0.2, 0) is 14.8 Å². The Hall–Kier alpha value is -2.05. The molecule has 0 unspecified atom stereocenters. The third kappa shape index (κ3) is 5.31. The van der Waals surface area contributed by atoms with E-state index in [1.165, 1.54) is 30.0 Å². The van der Waals surface area contributed by atoms with Gasteiger partial charge in [0.1, 0.15) is 19.3 Å². The van der Waals surface area contributed by atoms with E-state index in [4.69, 9.17) is 9.47 Å². The SMILES string of the molecule is CC(C)Sc1nnc(NC(=O)[C@@H](C)N(c2ccc3c(c2)OCCO3)S(C)(=O)=O)s1. The van der Waals surface area contributed by atoms with Crippen molar-refractivity contribution < 1.29 is 22.7 Å². The molecule has 1 aliphatic rings. The van der Waals surface area contributed by atoms with Gasteiger partial charge in [-0.25, -0.2) is 8.42 Å². The Balaban J connectivity index is 1.81. The molecule has 0 fully saturated rings. The van der Waals surface area contributed by atoms with Gasteiger partial charge in [0.05, 0.1) is 11.9 Å². The van der Waals surface area contributed by atoms with Gasteiger partial charge < -0.3 is 9.47 Å². The van der Waals surface area contributed by atoms with Crippen molar-refractivity contribution in [1.29, 1.82) is 0 Å². The molecule has 2 heterocycles. The third-order valence-electron chi connectivity index (χ3n) is 3.84. The molecule has 1 N–H and O–H groups in total. The Bertz CT molecular complexity index is 993. The summed E-state index contributed by atoms with van der Waals surface area (Å²) in [6.45, 7) is 6.38.